The lowest BCUT2D eigenvalue weighted by Gasteiger charge is -2.04. The zero-order valence-electron chi connectivity index (χ0n) is 6.25. The summed E-state index contributed by atoms with van der Waals surface area (Å²) in [6.07, 6.45) is 0. The van der Waals surface area contributed by atoms with Crippen molar-refractivity contribution in [1.29, 1.82) is 0 Å². The number of nitrogens with two attached hydrogens (primary N) is 1. The fraction of sp³-hybridized carbons (Fsp3) is 0.250. The molecule has 1 aliphatic heterocycles. The minimum Gasteiger partial charge on any atom is -0.506 e. The first-order chi connectivity index (χ1) is 5.70. The van der Waals surface area contributed by atoms with Crippen molar-refractivity contribution >= 4 is 11.6 Å². The first-order valence-electron chi connectivity index (χ1n) is 3.60. The molecule has 0 amide bonds. The Hall–Kier alpha value is -0.930. The van der Waals surface area contributed by atoms with Crippen LogP contribution in [-0.4, -0.2) is 11.7 Å². The smallest absolute Gasteiger partial charge is 0.142 e. The van der Waals surface area contributed by atoms with Gasteiger partial charge < -0.3 is 15.6 Å². The van der Waals surface area contributed by atoms with Crippen LogP contribution in [0, 0.1) is 0 Å². The molecular formula is C8H8ClNO2. The van der Waals surface area contributed by atoms with E-state index in [4.69, 9.17) is 22.1 Å². The van der Waals surface area contributed by atoms with Crippen LogP contribution in [0.1, 0.15) is 11.6 Å². The molecular weight excluding hydrogens is 178 g/mol. The van der Waals surface area contributed by atoms with Gasteiger partial charge in [-0.15, -0.1) is 0 Å². The van der Waals surface area contributed by atoms with Gasteiger partial charge in [0.05, 0.1) is 16.6 Å². The standard InChI is InChI=1S/C8H8ClNO2/c9-4-1-2-6-7(8(4)11)5(10)3-12-6/h1-2,5,11H,3,10H2/t5-/m0/s1. The van der Waals surface area contributed by atoms with E-state index in [1.807, 2.05) is 0 Å². The van der Waals surface area contributed by atoms with Crippen LogP contribution >= 0.6 is 11.6 Å². The number of rotatable bonds is 0. The van der Waals surface area contributed by atoms with Crippen LogP contribution < -0.4 is 10.5 Å². The third-order valence-corrected chi connectivity index (χ3v) is 2.22. The third kappa shape index (κ3) is 0.940. The summed E-state index contributed by atoms with van der Waals surface area (Å²) < 4.78 is 5.20. The second kappa shape index (κ2) is 2.54. The van der Waals surface area contributed by atoms with Gasteiger partial charge >= 0.3 is 0 Å². The Balaban J connectivity index is 2.63. The number of phenolic OH excluding ortho intramolecular Hbond substituents is 1. The minimum absolute atomic E-state index is 0.0409. The first kappa shape index (κ1) is 7.71. The van der Waals surface area contributed by atoms with Crippen molar-refractivity contribution in [2.24, 2.45) is 5.73 Å². The van der Waals surface area contributed by atoms with Gasteiger partial charge in [0.2, 0.25) is 0 Å². The maximum atomic E-state index is 9.50. The second-order valence-electron chi connectivity index (χ2n) is 2.73. The molecule has 0 aliphatic carbocycles. The van der Waals surface area contributed by atoms with E-state index in [1.54, 1.807) is 12.1 Å². The topological polar surface area (TPSA) is 55.5 Å². The summed E-state index contributed by atoms with van der Waals surface area (Å²) in [7, 11) is 0. The number of benzene rings is 1. The van der Waals surface area contributed by atoms with Crippen LogP contribution in [0.5, 0.6) is 11.5 Å². The normalized spacial score (nSPS) is 20.3. The van der Waals surface area contributed by atoms with Crippen LogP contribution in [0.15, 0.2) is 12.1 Å². The van der Waals surface area contributed by atoms with E-state index in [2.05, 4.69) is 0 Å². The Kier molecular flexibility index (Phi) is 1.63. The molecule has 0 unspecified atom stereocenters. The Morgan fingerprint density at radius 2 is 2.33 bits per heavy atom. The quantitative estimate of drug-likeness (QED) is 0.643. The lowest BCUT2D eigenvalue weighted by atomic mass is 10.1. The lowest BCUT2D eigenvalue weighted by molar-refractivity contribution is 0.333. The van der Waals surface area contributed by atoms with Gasteiger partial charge in [0, 0.05) is 0 Å². The molecule has 1 atom stereocenters. The largest absolute Gasteiger partial charge is 0.506 e. The van der Waals surface area contributed by atoms with Crippen LogP contribution in [-0.2, 0) is 0 Å². The molecule has 0 aromatic heterocycles. The zero-order chi connectivity index (χ0) is 8.72. The monoisotopic (exact) mass is 185 g/mol. The number of halogens is 1. The maximum absolute atomic E-state index is 9.50. The van der Waals surface area contributed by atoms with Gasteiger partial charge in [-0.05, 0) is 12.1 Å². The molecule has 1 heterocycles. The molecule has 4 heteroatoms. The molecule has 0 fully saturated rings. The Labute approximate surface area is 74.7 Å². The zero-order valence-corrected chi connectivity index (χ0v) is 7.01. The molecule has 0 saturated carbocycles. The number of fused-ring (bicyclic) bond motifs is 1. The highest BCUT2D eigenvalue weighted by Crippen LogP contribution is 2.41. The van der Waals surface area contributed by atoms with Crippen molar-refractivity contribution in [1.82, 2.24) is 0 Å². The highest BCUT2D eigenvalue weighted by atomic mass is 35.5. The number of ether oxygens (including phenoxy) is 1. The molecule has 0 bridgehead atoms. The van der Waals surface area contributed by atoms with Gasteiger partial charge in [0.1, 0.15) is 18.1 Å². The molecule has 0 radical (unpaired) electrons. The molecule has 64 valence electrons. The van der Waals surface area contributed by atoms with Gasteiger partial charge in [-0.25, -0.2) is 0 Å². The second-order valence-corrected chi connectivity index (χ2v) is 3.13. The van der Waals surface area contributed by atoms with Crippen molar-refractivity contribution in [2.75, 3.05) is 6.61 Å². The Bertz CT molecular complexity index is 327. The van der Waals surface area contributed by atoms with Crippen molar-refractivity contribution in [3.05, 3.63) is 22.7 Å². The van der Waals surface area contributed by atoms with E-state index in [9.17, 15) is 5.11 Å². The molecule has 3 N–H and O–H groups in total. The van der Waals surface area contributed by atoms with E-state index in [1.165, 1.54) is 0 Å². The summed E-state index contributed by atoms with van der Waals surface area (Å²) in [5, 5.41) is 9.81. The lowest BCUT2D eigenvalue weighted by Crippen LogP contribution is -2.10. The van der Waals surface area contributed by atoms with Crippen LogP contribution in [0.4, 0.5) is 0 Å². The van der Waals surface area contributed by atoms with E-state index < -0.39 is 0 Å². The van der Waals surface area contributed by atoms with Crippen molar-refractivity contribution in [2.45, 2.75) is 6.04 Å². The molecule has 2 rings (SSSR count). The average molecular weight is 186 g/mol. The summed E-state index contributed by atoms with van der Waals surface area (Å²) in [6.45, 7) is 0.406. The highest BCUT2D eigenvalue weighted by Gasteiger charge is 2.25. The minimum atomic E-state index is -0.265. The van der Waals surface area contributed by atoms with Crippen molar-refractivity contribution in [3.8, 4) is 11.5 Å². The average Bonchev–Trinajstić information content (AvgIpc) is 2.41. The van der Waals surface area contributed by atoms with Gasteiger partial charge in [0.25, 0.3) is 0 Å². The molecule has 1 aromatic carbocycles. The summed E-state index contributed by atoms with van der Waals surface area (Å²) in [5.74, 6) is 0.670. The fourth-order valence-corrected chi connectivity index (χ4v) is 1.47. The number of phenols is 1. The SMILES string of the molecule is N[C@H]1COc2ccc(Cl)c(O)c21. The number of aromatic hydroxyl groups is 1. The number of hydrogen-bond donors (Lipinski definition) is 2. The molecule has 0 saturated heterocycles. The Morgan fingerprint density at radius 1 is 1.58 bits per heavy atom. The van der Waals surface area contributed by atoms with Gasteiger partial charge in [0.15, 0.2) is 0 Å². The summed E-state index contributed by atoms with van der Waals surface area (Å²) in [4.78, 5) is 0. The fourth-order valence-electron chi connectivity index (χ4n) is 1.31. The summed E-state index contributed by atoms with van der Waals surface area (Å²) in [5.41, 5.74) is 6.29. The highest BCUT2D eigenvalue weighted by molar-refractivity contribution is 6.32. The summed E-state index contributed by atoms with van der Waals surface area (Å²) >= 11 is 5.70. The molecule has 3 nitrogen and oxygen atoms in total. The summed E-state index contributed by atoms with van der Waals surface area (Å²) in [6, 6.07) is 3.04. The van der Waals surface area contributed by atoms with Crippen LogP contribution in [0.25, 0.3) is 0 Å². The van der Waals surface area contributed by atoms with Gasteiger partial charge in [-0.3, -0.25) is 0 Å². The molecule has 0 spiro atoms. The first-order valence-corrected chi connectivity index (χ1v) is 3.97. The third-order valence-electron chi connectivity index (χ3n) is 1.92. The van der Waals surface area contributed by atoms with Gasteiger partial charge in [-0.2, -0.15) is 0 Å². The van der Waals surface area contributed by atoms with E-state index in [-0.39, 0.29) is 11.8 Å². The van der Waals surface area contributed by atoms with Crippen LogP contribution in [0.3, 0.4) is 0 Å². The predicted molar refractivity (Wildman–Crippen MR) is 45.5 cm³/mol. The van der Waals surface area contributed by atoms with Crippen molar-refractivity contribution < 1.29 is 9.84 Å². The Morgan fingerprint density at radius 3 is 3.08 bits per heavy atom. The van der Waals surface area contributed by atoms with E-state index in [0.29, 0.717) is 22.9 Å². The number of hydrogen-bond acceptors (Lipinski definition) is 3. The van der Waals surface area contributed by atoms with Crippen LogP contribution in [0.2, 0.25) is 5.02 Å². The van der Waals surface area contributed by atoms with E-state index in [0.717, 1.165) is 0 Å². The predicted octanol–water partition coefficient (Wildman–Crippen LogP) is 1.44. The van der Waals surface area contributed by atoms with Gasteiger partial charge in [-0.1, -0.05) is 11.6 Å². The maximum Gasteiger partial charge on any atom is 0.142 e. The van der Waals surface area contributed by atoms with E-state index >= 15 is 0 Å². The molecule has 1 aliphatic rings. The molecule has 12 heavy (non-hydrogen) atoms. The van der Waals surface area contributed by atoms with Crippen molar-refractivity contribution in [3.63, 3.8) is 0 Å². The molecule has 1 aromatic rings.